The molecule has 0 spiro atoms. The van der Waals surface area contributed by atoms with E-state index in [1.807, 2.05) is 0 Å². The van der Waals surface area contributed by atoms with Crippen LogP contribution in [0, 0.1) is 12.7 Å². The van der Waals surface area contributed by atoms with E-state index in [1.54, 1.807) is 13.0 Å². The van der Waals surface area contributed by atoms with Crippen LogP contribution in [0.3, 0.4) is 0 Å². The van der Waals surface area contributed by atoms with Gasteiger partial charge in [-0.15, -0.1) is 0 Å². The third-order valence-corrected chi connectivity index (χ3v) is 2.31. The molecule has 5 heteroatoms. The molecule has 17 heavy (non-hydrogen) atoms. The number of H-pyrrole nitrogens is 1. The molecule has 0 amide bonds. The van der Waals surface area contributed by atoms with Crippen molar-refractivity contribution in [2.24, 2.45) is 0 Å². The summed E-state index contributed by atoms with van der Waals surface area (Å²) >= 11 is 0. The highest BCUT2D eigenvalue weighted by molar-refractivity contribution is 5.60. The Morgan fingerprint density at radius 2 is 2.12 bits per heavy atom. The number of hydrogen-bond donors (Lipinski definition) is 1. The Kier molecular flexibility index (Phi) is 2.91. The number of benzene rings is 1. The molecule has 0 fully saturated rings. The summed E-state index contributed by atoms with van der Waals surface area (Å²) in [5.41, 5.74) is 0.286. The maximum absolute atomic E-state index is 13.8. The van der Waals surface area contributed by atoms with Gasteiger partial charge < -0.3 is 9.72 Å². The molecule has 0 bridgehead atoms. The van der Waals surface area contributed by atoms with Crippen LogP contribution in [-0.4, -0.2) is 17.1 Å². The molecule has 1 N–H and O–H groups in total. The maximum atomic E-state index is 13.8. The molecule has 1 heterocycles. The van der Waals surface area contributed by atoms with Gasteiger partial charge >= 0.3 is 0 Å². The van der Waals surface area contributed by atoms with Crippen LogP contribution in [0.5, 0.6) is 5.75 Å². The first-order valence-electron chi connectivity index (χ1n) is 5.02. The molecule has 1 aromatic carbocycles. The molecule has 88 valence electrons. The van der Waals surface area contributed by atoms with Crippen LogP contribution in [0.2, 0.25) is 0 Å². The second-order valence-electron chi connectivity index (χ2n) is 3.56. The van der Waals surface area contributed by atoms with Crippen LogP contribution in [-0.2, 0) is 0 Å². The summed E-state index contributed by atoms with van der Waals surface area (Å²) in [6, 6.07) is 5.68. The molecule has 1 aromatic heterocycles. The first kappa shape index (κ1) is 11.3. The van der Waals surface area contributed by atoms with Gasteiger partial charge in [-0.3, -0.25) is 4.79 Å². The molecule has 2 rings (SSSR count). The van der Waals surface area contributed by atoms with Crippen molar-refractivity contribution in [3.8, 4) is 17.0 Å². The fraction of sp³-hybridized carbons (Fsp3) is 0.167. The molecular formula is C12H11FN2O2. The van der Waals surface area contributed by atoms with Crippen molar-refractivity contribution in [3.63, 3.8) is 0 Å². The number of ether oxygens (including phenoxy) is 1. The lowest BCUT2D eigenvalue weighted by atomic mass is 10.1. The van der Waals surface area contributed by atoms with Crippen molar-refractivity contribution in [2.75, 3.05) is 7.11 Å². The van der Waals surface area contributed by atoms with E-state index in [9.17, 15) is 9.18 Å². The van der Waals surface area contributed by atoms with Gasteiger partial charge in [0.2, 0.25) is 0 Å². The van der Waals surface area contributed by atoms with E-state index in [0.29, 0.717) is 17.3 Å². The second-order valence-corrected chi connectivity index (χ2v) is 3.56. The van der Waals surface area contributed by atoms with Crippen molar-refractivity contribution < 1.29 is 9.13 Å². The highest BCUT2D eigenvalue weighted by Gasteiger charge is 2.09. The van der Waals surface area contributed by atoms with Gasteiger partial charge in [-0.2, -0.15) is 0 Å². The predicted octanol–water partition coefficient (Wildman–Crippen LogP) is 1.89. The standard InChI is InChI=1S/C12H11FN2O2/c1-7-14-11(6-12(16)15-7)9-4-3-8(17-2)5-10(9)13/h3-6H,1-2H3,(H,14,15,16). The Bertz CT molecular complexity index is 608. The molecule has 0 saturated carbocycles. The van der Waals surface area contributed by atoms with Crippen molar-refractivity contribution in [2.45, 2.75) is 6.92 Å². The fourth-order valence-corrected chi connectivity index (χ4v) is 1.55. The normalized spacial score (nSPS) is 10.3. The monoisotopic (exact) mass is 234 g/mol. The molecule has 4 nitrogen and oxygen atoms in total. The third-order valence-electron chi connectivity index (χ3n) is 2.31. The minimum Gasteiger partial charge on any atom is -0.497 e. The van der Waals surface area contributed by atoms with E-state index in [-0.39, 0.29) is 11.1 Å². The zero-order valence-electron chi connectivity index (χ0n) is 9.45. The quantitative estimate of drug-likeness (QED) is 0.863. The number of aromatic amines is 1. The molecule has 0 unspecified atom stereocenters. The minimum atomic E-state index is -0.471. The van der Waals surface area contributed by atoms with E-state index in [0.717, 1.165) is 0 Å². The summed E-state index contributed by atoms with van der Waals surface area (Å²) in [5, 5.41) is 0. The average molecular weight is 234 g/mol. The summed E-state index contributed by atoms with van der Waals surface area (Å²) in [6.07, 6.45) is 0. The topological polar surface area (TPSA) is 55.0 Å². The Hall–Kier alpha value is -2.17. The van der Waals surface area contributed by atoms with Crippen molar-refractivity contribution in [3.05, 3.63) is 46.3 Å². The summed E-state index contributed by atoms with van der Waals surface area (Å²) in [5.74, 6) is 0.400. The lowest BCUT2D eigenvalue weighted by Crippen LogP contribution is -2.08. The van der Waals surface area contributed by atoms with E-state index in [1.165, 1.54) is 25.3 Å². The Morgan fingerprint density at radius 1 is 1.35 bits per heavy atom. The SMILES string of the molecule is COc1ccc(-c2cc(=O)[nH]c(C)n2)c(F)c1. The molecule has 0 saturated heterocycles. The van der Waals surface area contributed by atoms with Crippen LogP contribution in [0.15, 0.2) is 29.1 Å². The first-order chi connectivity index (χ1) is 8.10. The molecule has 0 radical (unpaired) electrons. The maximum Gasteiger partial charge on any atom is 0.251 e. The number of halogens is 1. The van der Waals surface area contributed by atoms with E-state index in [4.69, 9.17) is 4.74 Å². The van der Waals surface area contributed by atoms with Crippen molar-refractivity contribution in [1.29, 1.82) is 0 Å². The number of rotatable bonds is 2. The minimum absolute atomic E-state index is 0.278. The summed E-state index contributed by atoms with van der Waals surface area (Å²) in [4.78, 5) is 17.9. The van der Waals surface area contributed by atoms with Gasteiger partial charge in [0.05, 0.1) is 12.8 Å². The van der Waals surface area contributed by atoms with Gasteiger partial charge in [0.1, 0.15) is 17.4 Å². The lowest BCUT2D eigenvalue weighted by Gasteiger charge is -2.05. The van der Waals surface area contributed by atoms with Crippen LogP contribution in [0.25, 0.3) is 11.3 Å². The zero-order chi connectivity index (χ0) is 12.4. The number of methoxy groups -OCH3 is 1. The number of aryl methyl sites for hydroxylation is 1. The average Bonchev–Trinajstić information content (AvgIpc) is 2.27. The van der Waals surface area contributed by atoms with Gasteiger partial charge in [0, 0.05) is 17.7 Å². The number of hydrogen-bond acceptors (Lipinski definition) is 3. The fourth-order valence-electron chi connectivity index (χ4n) is 1.55. The highest BCUT2D eigenvalue weighted by Crippen LogP contribution is 2.23. The van der Waals surface area contributed by atoms with Crippen molar-refractivity contribution in [1.82, 2.24) is 9.97 Å². The Balaban J connectivity index is 2.56. The van der Waals surface area contributed by atoms with Crippen LogP contribution >= 0.6 is 0 Å². The predicted molar refractivity (Wildman–Crippen MR) is 61.5 cm³/mol. The molecule has 2 aromatic rings. The molecule has 0 aliphatic rings. The molecular weight excluding hydrogens is 223 g/mol. The van der Waals surface area contributed by atoms with Gasteiger partial charge in [0.25, 0.3) is 5.56 Å². The van der Waals surface area contributed by atoms with E-state index < -0.39 is 5.82 Å². The summed E-state index contributed by atoms with van der Waals surface area (Å²) < 4.78 is 18.7. The molecule has 0 aliphatic carbocycles. The van der Waals surface area contributed by atoms with E-state index >= 15 is 0 Å². The van der Waals surface area contributed by atoms with Gasteiger partial charge in [-0.05, 0) is 19.1 Å². The summed E-state index contributed by atoms with van der Waals surface area (Å²) in [6.45, 7) is 1.65. The number of nitrogens with one attached hydrogen (secondary N) is 1. The van der Waals surface area contributed by atoms with Crippen LogP contribution in [0.1, 0.15) is 5.82 Å². The number of aromatic nitrogens is 2. The van der Waals surface area contributed by atoms with Crippen LogP contribution < -0.4 is 10.3 Å². The largest absolute Gasteiger partial charge is 0.497 e. The molecule has 0 atom stereocenters. The van der Waals surface area contributed by atoms with Crippen LogP contribution in [0.4, 0.5) is 4.39 Å². The van der Waals surface area contributed by atoms with Gasteiger partial charge in [-0.25, -0.2) is 9.37 Å². The Morgan fingerprint density at radius 3 is 2.71 bits per heavy atom. The van der Waals surface area contributed by atoms with Gasteiger partial charge in [0.15, 0.2) is 0 Å². The Labute approximate surface area is 97.1 Å². The summed E-state index contributed by atoms with van der Waals surface area (Å²) in [7, 11) is 1.46. The molecule has 0 aliphatic heterocycles. The van der Waals surface area contributed by atoms with Crippen molar-refractivity contribution >= 4 is 0 Å². The van der Waals surface area contributed by atoms with Gasteiger partial charge in [-0.1, -0.05) is 0 Å². The number of nitrogens with zero attached hydrogens (tertiary/aromatic N) is 1. The first-order valence-corrected chi connectivity index (χ1v) is 5.02. The second kappa shape index (κ2) is 4.37. The lowest BCUT2D eigenvalue weighted by molar-refractivity contribution is 0.411. The van der Waals surface area contributed by atoms with E-state index in [2.05, 4.69) is 9.97 Å². The smallest absolute Gasteiger partial charge is 0.251 e. The highest BCUT2D eigenvalue weighted by atomic mass is 19.1. The zero-order valence-corrected chi connectivity index (χ0v) is 9.45. The third kappa shape index (κ3) is 2.33.